The van der Waals surface area contributed by atoms with Crippen LogP contribution in [0.2, 0.25) is 13.7 Å². The van der Waals surface area contributed by atoms with Crippen LogP contribution in [0.4, 0.5) is 0 Å². The maximum atomic E-state index is 6.21. The van der Waals surface area contributed by atoms with E-state index in [2.05, 4.69) is 5.32 Å². The number of hydrogen-bond donors (Lipinski definition) is 1. The van der Waals surface area contributed by atoms with Crippen LogP contribution in [0.1, 0.15) is 24.1 Å². The van der Waals surface area contributed by atoms with Crippen molar-refractivity contribution in [2.75, 3.05) is 7.11 Å². The van der Waals surface area contributed by atoms with Crippen LogP contribution in [-0.4, -0.2) is 7.11 Å². The van der Waals surface area contributed by atoms with Gasteiger partial charge in [-0.25, -0.2) is 0 Å². The zero-order chi connectivity index (χ0) is 14.7. The lowest BCUT2D eigenvalue weighted by molar-refractivity contribution is 0.406. The Bertz CT molecular complexity index is 600. The van der Waals surface area contributed by atoms with Gasteiger partial charge < -0.3 is 10.1 Å². The first-order valence-electron chi connectivity index (χ1n) is 6.02. The highest BCUT2D eigenvalue weighted by Crippen LogP contribution is 2.35. The third-order valence-electron chi connectivity index (χ3n) is 3.03. The Labute approximate surface area is 137 Å². The van der Waals surface area contributed by atoms with Gasteiger partial charge in [-0.05, 0) is 30.7 Å². The molecule has 2 aromatic rings. The number of benzene rings is 1. The first-order chi connectivity index (χ1) is 9.52. The topological polar surface area (TPSA) is 21.3 Å². The fourth-order valence-electron chi connectivity index (χ4n) is 1.91. The van der Waals surface area contributed by atoms with Crippen LogP contribution in [0.15, 0.2) is 24.3 Å². The fourth-order valence-corrected chi connectivity index (χ4v) is 3.79. The SMILES string of the molecule is COc1cccc(Cl)c1CNC(C)c1cc(Cl)sc1Cl. The molecule has 0 bridgehead atoms. The van der Waals surface area contributed by atoms with E-state index in [1.165, 1.54) is 11.3 Å². The Hall–Kier alpha value is -0.450. The Morgan fingerprint density at radius 3 is 2.65 bits per heavy atom. The standard InChI is InChI=1S/C14H14Cl3NOS/c1-8(9-6-13(16)20-14(9)17)18-7-10-11(15)4-3-5-12(10)19-2/h3-6,8,18H,7H2,1-2H3. The van der Waals surface area contributed by atoms with Crippen LogP contribution >= 0.6 is 46.1 Å². The summed E-state index contributed by atoms with van der Waals surface area (Å²) in [6.07, 6.45) is 0. The van der Waals surface area contributed by atoms with E-state index in [4.69, 9.17) is 39.5 Å². The minimum atomic E-state index is 0.0761. The third-order valence-corrected chi connectivity index (χ3v) is 4.90. The molecule has 0 aliphatic carbocycles. The molecule has 0 saturated heterocycles. The molecule has 1 aromatic heterocycles. The van der Waals surface area contributed by atoms with Crippen LogP contribution in [0.3, 0.4) is 0 Å². The quantitative estimate of drug-likeness (QED) is 0.761. The van der Waals surface area contributed by atoms with Crippen LogP contribution in [-0.2, 0) is 6.54 Å². The van der Waals surface area contributed by atoms with Gasteiger partial charge in [0, 0.05) is 23.2 Å². The number of hydrogen-bond acceptors (Lipinski definition) is 3. The molecule has 1 aromatic carbocycles. The van der Waals surface area contributed by atoms with Gasteiger partial charge in [0.2, 0.25) is 0 Å². The lowest BCUT2D eigenvalue weighted by Crippen LogP contribution is -2.18. The molecule has 2 nitrogen and oxygen atoms in total. The molecule has 6 heteroatoms. The summed E-state index contributed by atoms with van der Waals surface area (Å²) in [6, 6.07) is 7.56. The zero-order valence-electron chi connectivity index (χ0n) is 11.0. The van der Waals surface area contributed by atoms with E-state index in [-0.39, 0.29) is 6.04 Å². The van der Waals surface area contributed by atoms with Gasteiger partial charge >= 0.3 is 0 Å². The van der Waals surface area contributed by atoms with E-state index in [0.29, 0.717) is 20.2 Å². The molecule has 0 aliphatic heterocycles. The predicted octanol–water partition coefficient (Wildman–Crippen LogP) is 5.57. The summed E-state index contributed by atoms with van der Waals surface area (Å²) in [5, 5.41) is 4.06. The summed E-state index contributed by atoms with van der Waals surface area (Å²) in [5.41, 5.74) is 1.92. The van der Waals surface area contributed by atoms with Crippen molar-refractivity contribution in [3.05, 3.63) is 49.1 Å². The summed E-state index contributed by atoms with van der Waals surface area (Å²) in [5.74, 6) is 0.770. The number of thiophene rings is 1. The largest absolute Gasteiger partial charge is 0.496 e. The van der Waals surface area contributed by atoms with Crippen molar-refractivity contribution < 1.29 is 4.74 Å². The lowest BCUT2D eigenvalue weighted by Gasteiger charge is -2.16. The number of rotatable bonds is 5. The van der Waals surface area contributed by atoms with Crippen molar-refractivity contribution in [1.29, 1.82) is 0 Å². The van der Waals surface area contributed by atoms with E-state index < -0.39 is 0 Å². The highest BCUT2D eigenvalue weighted by Gasteiger charge is 2.14. The van der Waals surface area contributed by atoms with Gasteiger partial charge in [0.05, 0.1) is 15.8 Å². The van der Waals surface area contributed by atoms with E-state index in [1.54, 1.807) is 7.11 Å². The first kappa shape index (κ1) is 15.9. The van der Waals surface area contributed by atoms with Crippen molar-refractivity contribution >= 4 is 46.1 Å². The van der Waals surface area contributed by atoms with Gasteiger partial charge in [-0.1, -0.05) is 40.9 Å². The molecule has 1 N–H and O–H groups in total. The van der Waals surface area contributed by atoms with Crippen molar-refractivity contribution in [2.24, 2.45) is 0 Å². The Morgan fingerprint density at radius 1 is 1.30 bits per heavy atom. The van der Waals surface area contributed by atoms with Crippen LogP contribution in [0, 0.1) is 0 Å². The number of halogens is 3. The molecule has 0 amide bonds. The number of ether oxygens (including phenoxy) is 1. The van der Waals surface area contributed by atoms with Crippen molar-refractivity contribution in [1.82, 2.24) is 5.32 Å². The number of nitrogens with one attached hydrogen (secondary N) is 1. The van der Waals surface area contributed by atoms with E-state index in [9.17, 15) is 0 Å². The second-order valence-corrected chi connectivity index (χ2v) is 7.00. The second kappa shape index (κ2) is 7.01. The molecule has 0 saturated carbocycles. The van der Waals surface area contributed by atoms with Gasteiger partial charge in [0.1, 0.15) is 5.75 Å². The maximum Gasteiger partial charge on any atom is 0.124 e. The van der Waals surface area contributed by atoms with Crippen molar-refractivity contribution in [3.63, 3.8) is 0 Å². The third kappa shape index (κ3) is 3.60. The highest BCUT2D eigenvalue weighted by molar-refractivity contribution is 7.20. The van der Waals surface area contributed by atoms with Crippen LogP contribution in [0.5, 0.6) is 5.75 Å². The van der Waals surface area contributed by atoms with Gasteiger partial charge in [0.15, 0.2) is 0 Å². The summed E-state index contributed by atoms with van der Waals surface area (Å²) >= 11 is 19.7. The average Bonchev–Trinajstić information content (AvgIpc) is 2.75. The monoisotopic (exact) mass is 349 g/mol. The smallest absolute Gasteiger partial charge is 0.124 e. The average molecular weight is 351 g/mol. The summed E-state index contributed by atoms with van der Waals surface area (Å²) < 4.78 is 6.72. The minimum Gasteiger partial charge on any atom is -0.496 e. The molecule has 108 valence electrons. The Kier molecular flexibility index (Phi) is 5.58. The highest BCUT2D eigenvalue weighted by atomic mass is 35.5. The van der Waals surface area contributed by atoms with Gasteiger partial charge in [0.25, 0.3) is 0 Å². The molecule has 20 heavy (non-hydrogen) atoms. The summed E-state index contributed by atoms with van der Waals surface area (Å²) in [7, 11) is 1.63. The lowest BCUT2D eigenvalue weighted by atomic mass is 10.1. The number of methoxy groups -OCH3 is 1. The van der Waals surface area contributed by atoms with E-state index in [1.807, 2.05) is 31.2 Å². The summed E-state index contributed by atoms with van der Waals surface area (Å²) in [6.45, 7) is 2.63. The normalized spacial score (nSPS) is 12.4. The van der Waals surface area contributed by atoms with Crippen molar-refractivity contribution in [3.8, 4) is 5.75 Å². The minimum absolute atomic E-state index is 0.0761. The Morgan fingerprint density at radius 2 is 2.05 bits per heavy atom. The fraction of sp³-hybridized carbons (Fsp3) is 0.286. The Balaban J connectivity index is 2.11. The molecule has 1 atom stereocenters. The maximum absolute atomic E-state index is 6.21. The molecule has 1 heterocycles. The van der Waals surface area contributed by atoms with E-state index in [0.717, 1.165) is 16.9 Å². The predicted molar refractivity (Wildman–Crippen MR) is 87.6 cm³/mol. The molecular formula is C14H14Cl3NOS. The van der Waals surface area contributed by atoms with Gasteiger partial charge in [-0.3, -0.25) is 0 Å². The van der Waals surface area contributed by atoms with Gasteiger partial charge in [-0.2, -0.15) is 0 Å². The van der Waals surface area contributed by atoms with Crippen molar-refractivity contribution in [2.45, 2.75) is 19.5 Å². The first-order valence-corrected chi connectivity index (χ1v) is 7.97. The molecule has 0 aliphatic rings. The molecule has 1 unspecified atom stereocenters. The molecule has 2 rings (SSSR count). The molecule has 0 radical (unpaired) electrons. The summed E-state index contributed by atoms with van der Waals surface area (Å²) in [4.78, 5) is 0. The van der Waals surface area contributed by atoms with Crippen LogP contribution < -0.4 is 10.1 Å². The second-order valence-electron chi connectivity index (χ2n) is 4.30. The zero-order valence-corrected chi connectivity index (χ0v) is 14.1. The van der Waals surface area contributed by atoms with Crippen LogP contribution in [0.25, 0.3) is 0 Å². The molecule has 0 spiro atoms. The molecule has 0 fully saturated rings. The van der Waals surface area contributed by atoms with Gasteiger partial charge in [-0.15, -0.1) is 11.3 Å². The van der Waals surface area contributed by atoms with E-state index >= 15 is 0 Å². The molecular weight excluding hydrogens is 337 g/mol.